The number of H-pyrrole nitrogens is 1. The molecule has 0 bridgehead atoms. The molecule has 0 spiro atoms. The molecule has 2 aromatic carbocycles. The fraction of sp³-hybridized carbons (Fsp3) is 0.304. The Morgan fingerprint density at radius 3 is 2.61 bits per heavy atom. The van der Waals surface area contributed by atoms with Gasteiger partial charge >= 0.3 is 0 Å². The average molecular weight is 450 g/mol. The highest BCUT2D eigenvalue weighted by Crippen LogP contribution is 2.40. The van der Waals surface area contributed by atoms with E-state index in [1.54, 1.807) is 31.3 Å². The van der Waals surface area contributed by atoms with Gasteiger partial charge in [0.2, 0.25) is 0 Å². The second-order valence-corrected chi connectivity index (χ2v) is 8.10. The number of fused-ring (bicyclic) bond motifs is 1. The summed E-state index contributed by atoms with van der Waals surface area (Å²) in [5.41, 5.74) is 0.916. The van der Waals surface area contributed by atoms with Crippen LogP contribution in [0.3, 0.4) is 0 Å². The summed E-state index contributed by atoms with van der Waals surface area (Å²) in [6.07, 6.45) is 4.40. The summed E-state index contributed by atoms with van der Waals surface area (Å²) in [4.78, 5) is 24.7. The van der Waals surface area contributed by atoms with Crippen molar-refractivity contribution in [2.75, 3.05) is 20.8 Å². The van der Waals surface area contributed by atoms with Crippen LogP contribution in [0.1, 0.15) is 35.9 Å². The molecule has 1 atom stereocenters. The Labute approximate surface area is 189 Å². The van der Waals surface area contributed by atoms with Crippen LogP contribution in [0, 0.1) is 5.82 Å². The summed E-state index contributed by atoms with van der Waals surface area (Å²) >= 11 is 0. The van der Waals surface area contributed by atoms with Gasteiger partial charge in [-0.1, -0.05) is 6.07 Å². The van der Waals surface area contributed by atoms with Crippen LogP contribution in [0.5, 0.6) is 11.5 Å². The van der Waals surface area contributed by atoms with Crippen molar-refractivity contribution in [3.63, 3.8) is 0 Å². The van der Waals surface area contributed by atoms with Crippen molar-refractivity contribution >= 4 is 16.9 Å². The Hall–Kier alpha value is -3.95. The minimum Gasteiger partial charge on any atom is -0.493 e. The lowest BCUT2D eigenvalue weighted by Crippen LogP contribution is -2.44. The van der Waals surface area contributed by atoms with Gasteiger partial charge < -0.3 is 19.4 Å². The number of halogens is 1. The molecular formula is C23H23FN6O3. The molecule has 4 aromatic rings. The van der Waals surface area contributed by atoms with Gasteiger partial charge in [0.1, 0.15) is 22.9 Å². The molecule has 2 aromatic heterocycles. The third-order valence-electron chi connectivity index (χ3n) is 6.22. The third-order valence-corrected chi connectivity index (χ3v) is 6.22. The number of rotatable bonds is 5. The van der Waals surface area contributed by atoms with E-state index in [1.807, 2.05) is 13.0 Å². The molecule has 170 valence electrons. The second-order valence-electron chi connectivity index (χ2n) is 8.10. The number of ether oxygens (including phenoxy) is 2. The first-order chi connectivity index (χ1) is 16.0. The van der Waals surface area contributed by atoms with Gasteiger partial charge in [-0.05, 0) is 31.9 Å². The summed E-state index contributed by atoms with van der Waals surface area (Å²) in [5.74, 6) is 0.704. The van der Waals surface area contributed by atoms with Gasteiger partial charge in [-0.25, -0.2) is 9.37 Å². The minimum absolute atomic E-state index is 0.0683. The summed E-state index contributed by atoms with van der Waals surface area (Å²) in [6, 6.07) is 8.04. The number of carbonyl (C=O) groups excluding carboxylic acids is 1. The van der Waals surface area contributed by atoms with Crippen LogP contribution < -0.4 is 9.47 Å². The number of hydrogen-bond donors (Lipinski definition) is 1. The SMILES string of the molecule is COc1cc2nc(C3(C)CCCN3C(=O)c3c(F)cccc3-n3nccn3)[nH]c2cc1OC. The molecule has 0 radical (unpaired) electrons. The molecule has 1 unspecified atom stereocenters. The van der Waals surface area contributed by atoms with Gasteiger partial charge in [0.25, 0.3) is 5.91 Å². The van der Waals surface area contributed by atoms with Crippen LogP contribution in [0.25, 0.3) is 16.7 Å². The molecule has 0 saturated carbocycles. The molecule has 9 nitrogen and oxygen atoms in total. The standard InChI is InChI=1S/C23H23FN6O3/c1-23(22-27-15-12-18(32-2)19(33-3)13-16(15)28-22)8-5-11-29(23)21(31)20-14(24)6-4-7-17(20)30-25-9-10-26-30/h4,6-7,9-10,12-13H,5,8,11H2,1-3H3,(H,27,28). The lowest BCUT2D eigenvalue weighted by Gasteiger charge is -2.34. The molecule has 1 fully saturated rings. The van der Waals surface area contributed by atoms with Crippen LogP contribution >= 0.6 is 0 Å². The molecule has 1 aliphatic rings. The van der Waals surface area contributed by atoms with Crippen LogP contribution in [-0.4, -0.2) is 56.5 Å². The van der Waals surface area contributed by atoms with E-state index >= 15 is 0 Å². The summed E-state index contributed by atoms with van der Waals surface area (Å²) in [6.45, 7) is 2.41. The van der Waals surface area contributed by atoms with E-state index < -0.39 is 17.3 Å². The Morgan fingerprint density at radius 2 is 1.88 bits per heavy atom. The monoisotopic (exact) mass is 450 g/mol. The molecule has 3 heterocycles. The van der Waals surface area contributed by atoms with Gasteiger partial charge in [-0.3, -0.25) is 4.79 Å². The molecule has 0 aliphatic carbocycles. The predicted octanol–water partition coefficient (Wildman–Crippen LogP) is 3.45. The van der Waals surface area contributed by atoms with Gasteiger partial charge in [0.05, 0.1) is 43.2 Å². The number of nitrogens with zero attached hydrogens (tertiary/aromatic N) is 5. The van der Waals surface area contributed by atoms with Crippen molar-refractivity contribution in [3.05, 3.63) is 59.9 Å². The van der Waals surface area contributed by atoms with Crippen molar-refractivity contribution in [1.82, 2.24) is 29.9 Å². The fourth-order valence-corrected chi connectivity index (χ4v) is 4.49. The highest BCUT2D eigenvalue weighted by atomic mass is 19.1. The third kappa shape index (κ3) is 3.29. The molecule has 1 amide bonds. The number of benzene rings is 2. The summed E-state index contributed by atoms with van der Waals surface area (Å²) < 4.78 is 25.7. The summed E-state index contributed by atoms with van der Waals surface area (Å²) in [7, 11) is 3.14. The quantitative estimate of drug-likeness (QED) is 0.500. The predicted molar refractivity (Wildman–Crippen MR) is 118 cm³/mol. The number of methoxy groups -OCH3 is 2. The number of aromatic amines is 1. The highest BCUT2D eigenvalue weighted by molar-refractivity contribution is 5.98. The normalized spacial score (nSPS) is 18.1. The number of aromatic nitrogens is 5. The second kappa shape index (κ2) is 7.88. The number of imidazole rings is 1. The number of hydrogen-bond acceptors (Lipinski definition) is 6. The van der Waals surface area contributed by atoms with E-state index in [2.05, 4.69) is 15.2 Å². The van der Waals surface area contributed by atoms with Crippen LogP contribution in [-0.2, 0) is 5.54 Å². The molecule has 1 aliphatic heterocycles. The highest BCUT2D eigenvalue weighted by Gasteiger charge is 2.45. The van der Waals surface area contributed by atoms with E-state index in [9.17, 15) is 9.18 Å². The molecule has 1 saturated heterocycles. The lowest BCUT2D eigenvalue weighted by atomic mass is 9.97. The Morgan fingerprint density at radius 1 is 1.15 bits per heavy atom. The lowest BCUT2D eigenvalue weighted by molar-refractivity contribution is 0.0601. The molecule has 1 N–H and O–H groups in total. The minimum atomic E-state index is -0.756. The number of likely N-dealkylation sites (tertiary alicyclic amines) is 1. The van der Waals surface area contributed by atoms with Crippen LogP contribution in [0.15, 0.2) is 42.7 Å². The molecule has 33 heavy (non-hydrogen) atoms. The van der Waals surface area contributed by atoms with Gasteiger partial charge in [-0.2, -0.15) is 15.0 Å². The van der Waals surface area contributed by atoms with Crippen molar-refractivity contribution in [3.8, 4) is 17.2 Å². The molecular weight excluding hydrogens is 427 g/mol. The van der Waals surface area contributed by atoms with E-state index in [4.69, 9.17) is 14.5 Å². The zero-order valence-corrected chi connectivity index (χ0v) is 18.5. The zero-order valence-electron chi connectivity index (χ0n) is 18.5. The Balaban J connectivity index is 1.58. The summed E-state index contributed by atoms with van der Waals surface area (Å²) in [5, 5.41) is 8.16. The van der Waals surface area contributed by atoms with Crippen LogP contribution in [0.4, 0.5) is 4.39 Å². The van der Waals surface area contributed by atoms with Crippen LogP contribution in [0.2, 0.25) is 0 Å². The van der Waals surface area contributed by atoms with E-state index in [0.717, 1.165) is 11.9 Å². The topological polar surface area (TPSA) is 98.2 Å². The smallest absolute Gasteiger partial charge is 0.259 e. The van der Waals surface area contributed by atoms with Gasteiger partial charge in [0, 0.05) is 18.7 Å². The van der Waals surface area contributed by atoms with Crippen molar-refractivity contribution in [2.24, 2.45) is 0 Å². The maximum absolute atomic E-state index is 15.0. The molecule has 5 rings (SSSR count). The maximum Gasteiger partial charge on any atom is 0.259 e. The van der Waals surface area contributed by atoms with Crippen molar-refractivity contribution in [1.29, 1.82) is 0 Å². The van der Waals surface area contributed by atoms with Crippen molar-refractivity contribution < 1.29 is 18.7 Å². The van der Waals surface area contributed by atoms with Crippen molar-refractivity contribution in [2.45, 2.75) is 25.3 Å². The number of carbonyl (C=O) groups is 1. The Kier molecular flexibility index (Phi) is 4.99. The first-order valence-electron chi connectivity index (χ1n) is 10.6. The van der Waals surface area contributed by atoms with E-state index in [1.165, 1.54) is 29.3 Å². The van der Waals surface area contributed by atoms with E-state index in [-0.39, 0.29) is 5.56 Å². The largest absolute Gasteiger partial charge is 0.493 e. The molecule has 10 heteroatoms. The average Bonchev–Trinajstić information content (AvgIpc) is 3.57. The zero-order chi connectivity index (χ0) is 23.2. The maximum atomic E-state index is 15.0. The van der Waals surface area contributed by atoms with Gasteiger partial charge in [0.15, 0.2) is 11.5 Å². The van der Waals surface area contributed by atoms with E-state index in [0.29, 0.717) is 41.5 Å². The number of amides is 1. The first-order valence-corrected chi connectivity index (χ1v) is 10.6. The van der Waals surface area contributed by atoms with Gasteiger partial charge in [-0.15, -0.1) is 0 Å². The first kappa shape index (κ1) is 20.9. The number of nitrogens with one attached hydrogen (secondary N) is 1. The Bertz CT molecular complexity index is 1290. The fourth-order valence-electron chi connectivity index (χ4n) is 4.49.